The molecule has 0 radical (unpaired) electrons. The Balaban J connectivity index is 2.65. The van der Waals surface area contributed by atoms with Crippen LogP contribution in [0.15, 0.2) is 0 Å². The van der Waals surface area contributed by atoms with E-state index < -0.39 is 0 Å². The van der Waals surface area contributed by atoms with Gasteiger partial charge in [0.25, 0.3) is 0 Å². The molecular weight excluding hydrogens is 232 g/mol. The molecule has 100 valence electrons. The number of hydrogen-bond acceptors (Lipinski definition) is 3. The van der Waals surface area contributed by atoms with Gasteiger partial charge in [0.15, 0.2) is 0 Å². The maximum atomic E-state index is 12.6. The van der Waals surface area contributed by atoms with Crippen LogP contribution >= 0.6 is 11.8 Å². The molecule has 1 amide bonds. The maximum Gasteiger partial charge on any atom is 0.229 e. The van der Waals surface area contributed by atoms with Crippen LogP contribution in [0.5, 0.6) is 0 Å². The molecule has 4 heteroatoms. The molecule has 1 unspecified atom stereocenters. The fourth-order valence-electron chi connectivity index (χ4n) is 2.68. The molecule has 3 nitrogen and oxygen atoms in total. The van der Waals surface area contributed by atoms with Crippen molar-refractivity contribution in [2.24, 2.45) is 5.41 Å². The normalized spacial score (nSPS) is 24.6. The highest BCUT2D eigenvalue weighted by molar-refractivity contribution is 7.98. The summed E-state index contributed by atoms with van der Waals surface area (Å²) in [5.41, 5.74) is -0.125. The molecule has 0 aromatic carbocycles. The Morgan fingerprint density at radius 2 is 2.29 bits per heavy atom. The highest BCUT2D eigenvalue weighted by atomic mass is 32.2. The van der Waals surface area contributed by atoms with Crippen LogP contribution in [-0.2, 0) is 4.79 Å². The molecule has 0 bridgehead atoms. The molecule has 0 aromatic rings. The van der Waals surface area contributed by atoms with Crippen LogP contribution in [0.1, 0.15) is 32.6 Å². The quantitative estimate of drug-likeness (QED) is 0.790. The minimum Gasteiger partial charge on any atom is -0.344 e. The molecule has 1 N–H and O–H groups in total. The number of nitrogens with one attached hydrogen (secondary N) is 1. The number of rotatable bonds is 6. The predicted octanol–water partition coefficient (Wildman–Crippen LogP) is 1.98. The van der Waals surface area contributed by atoms with Gasteiger partial charge in [-0.05, 0) is 32.1 Å². The number of nitrogens with zero attached hydrogens (tertiary/aromatic N) is 1. The number of thioether (sulfide) groups is 1. The molecule has 1 heterocycles. The van der Waals surface area contributed by atoms with Gasteiger partial charge >= 0.3 is 0 Å². The van der Waals surface area contributed by atoms with E-state index in [4.69, 9.17) is 0 Å². The summed E-state index contributed by atoms with van der Waals surface area (Å²) in [7, 11) is 1.95. The first-order chi connectivity index (χ1) is 8.16. The Kier molecular flexibility index (Phi) is 6.34. The van der Waals surface area contributed by atoms with Gasteiger partial charge in [-0.2, -0.15) is 11.8 Å². The summed E-state index contributed by atoms with van der Waals surface area (Å²) in [5, 5.41) is 3.40. The standard InChI is InChI=1S/C13H26N2OS/c1-4-6-13(7-5-8-14-11-13)12(16)15(2)9-10-17-3/h14H,4-11H2,1-3H3. The third kappa shape index (κ3) is 3.88. The smallest absolute Gasteiger partial charge is 0.229 e. The van der Waals surface area contributed by atoms with Crippen molar-refractivity contribution in [1.29, 1.82) is 0 Å². The largest absolute Gasteiger partial charge is 0.344 e. The lowest BCUT2D eigenvalue weighted by molar-refractivity contribution is -0.142. The molecule has 0 aromatic heterocycles. The van der Waals surface area contributed by atoms with Crippen LogP contribution < -0.4 is 5.32 Å². The van der Waals surface area contributed by atoms with Crippen molar-refractivity contribution in [3.05, 3.63) is 0 Å². The van der Waals surface area contributed by atoms with E-state index in [1.165, 1.54) is 0 Å². The van der Waals surface area contributed by atoms with Crippen molar-refractivity contribution in [3.8, 4) is 0 Å². The third-order valence-electron chi connectivity index (χ3n) is 3.63. The molecule has 1 fully saturated rings. The van der Waals surface area contributed by atoms with Crippen LogP contribution in [0.4, 0.5) is 0 Å². The van der Waals surface area contributed by atoms with Gasteiger partial charge in [0.1, 0.15) is 0 Å². The van der Waals surface area contributed by atoms with Crippen molar-refractivity contribution in [1.82, 2.24) is 10.2 Å². The predicted molar refractivity (Wildman–Crippen MR) is 75.5 cm³/mol. The van der Waals surface area contributed by atoms with Crippen molar-refractivity contribution in [2.45, 2.75) is 32.6 Å². The van der Waals surface area contributed by atoms with Gasteiger partial charge in [0, 0.05) is 25.9 Å². The van der Waals surface area contributed by atoms with Crippen molar-refractivity contribution < 1.29 is 4.79 Å². The maximum absolute atomic E-state index is 12.6. The van der Waals surface area contributed by atoms with Crippen LogP contribution in [0.2, 0.25) is 0 Å². The van der Waals surface area contributed by atoms with Gasteiger partial charge in [0.2, 0.25) is 5.91 Å². The summed E-state index contributed by atoms with van der Waals surface area (Å²) < 4.78 is 0. The fraction of sp³-hybridized carbons (Fsp3) is 0.923. The lowest BCUT2D eigenvalue weighted by Crippen LogP contribution is -2.51. The van der Waals surface area contributed by atoms with Gasteiger partial charge < -0.3 is 10.2 Å². The van der Waals surface area contributed by atoms with Gasteiger partial charge in [0.05, 0.1) is 5.41 Å². The lowest BCUT2D eigenvalue weighted by Gasteiger charge is -2.39. The fourth-order valence-corrected chi connectivity index (χ4v) is 3.14. The Morgan fingerprint density at radius 3 is 2.82 bits per heavy atom. The monoisotopic (exact) mass is 258 g/mol. The van der Waals surface area contributed by atoms with E-state index in [1.54, 1.807) is 11.8 Å². The number of hydrogen-bond donors (Lipinski definition) is 1. The van der Waals surface area contributed by atoms with E-state index in [0.29, 0.717) is 5.91 Å². The molecule has 1 aliphatic heterocycles. The summed E-state index contributed by atoms with van der Waals surface area (Å²) in [4.78, 5) is 14.5. The number of carbonyl (C=O) groups is 1. The molecule has 1 saturated heterocycles. The molecule has 17 heavy (non-hydrogen) atoms. The second-order valence-corrected chi connectivity index (χ2v) is 6.02. The molecule has 1 aliphatic rings. The average molecular weight is 258 g/mol. The topological polar surface area (TPSA) is 32.3 Å². The zero-order valence-electron chi connectivity index (χ0n) is 11.4. The van der Waals surface area contributed by atoms with E-state index >= 15 is 0 Å². The van der Waals surface area contributed by atoms with E-state index in [2.05, 4.69) is 18.5 Å². The molecule has 1 rings (SSSR count). The summed E-state index contributed by atoms with van der Waals surface area (Å²) >= 11 is 1.80. The minimum atomic E-state index is -0.125. The van der Waals surface area contributed by atoms with Crippen molar-refractivity contribution >= 4 is 17.7 Å². The van der Waals surface area contributed by atoms with E-state index in [9.17, 15) is 4.79 Å². The Bertz CT molecular complexity index is 234. The first-order valence-corrected chi connectivity index (χ1v) is 8.01. The van der Waals surface area contributed by atoms with Crippen LogP contribution in [0.25, 0.3) is 0 Å². The molecule has 1 atom stereocenters. The SMILES string of the molecule is CCCC1(C(=O)N(C)CCSC)CCCNC1. The number of carbonyl (C=O) groups excluding carboxylic acids is 1. The van der Waals surface area contributed by atoms with Crippen LogP contribution in [0.3, 0.4) is 0 Å². The van der Waals surface area contributed by atoms with Crippen molar-refractivity contribution in [3.63, 3.8) is 0 Å². The third-order valence-corrected chi connectivity index (χ3v) is 4.22. The van der Waals surface area contributed by atoms with E-state index in [-0.39, 0.29) is 5.41 Å². The summed E-state index contributed by atoms with van der Waals surface area (Å²) in [5.74, 6) is 1.37. The zero-order chi connectivity index (χ0) is 12.7. The van der Waals surface area contributed by atoms with E-state index in [1.807, 2.05) is 11.9 Å². The number of amides is 1. The van der Waals surface area contributed by atoms with Gasteiger partial charge in [-0.15, -0.1) is 0 Å². The zero-order valence-corrected chi connectivity index (χ0v) is 12.2. The molecular formula is C13H26N2OS. The second-order valence-electron chi connectivity index (χ2n) is 5.03. The van der Waals surface area contributed by atoms with Crippen LogP contribution in [0, 0.1) is 5.41 Å². The molecule has 0 spiro atoms. The minimum absolute atomic E-state index is 0.125. The molecule has 0 saturated carbocycles. The van der Waals surface area contributed by atoms with Gasteiger partial charge in [-0.3, -0.25) is 4.79 Å². The van der Waals surface area contributed by atoms with Crippen LogP contribution in [-0.4, -0.2) is 49.5 Å². The number of piperidine rings is 1. The lowest BCUT2D eigenvalue weighted by atomic mass is 9.76. The summed E-state index contributed by atoms with van der Waals surface area (Å²) in [6, 6.07) is 0. The Labute approximate surface area is 110 Å². The highest BCUT2D eigenvalue weighted by Gasteiger charge is 2.40. The summed E-state index contributed by atoms with van der Waals surface area (Å²) in [6.07, 6.45) is 6.37. The van der Waals surface area contributed by atoms with Gasteiger partial charge in [-0.1, -0.05) is 13.3 Å². The van der Waals surface area contributed by atoms with Gasteiger partial charge in [-0.25, -0.2) is 0 Å². The average Bonchev–Trinajstić information content (AvgIpc) is 2.36. The highest BCUT2D eigenvalue weighted by Crippen LogP contribution is 2.33. The van der Waals surface area contributed by atoms with Crippen molar-refractivity contribution in [2.75, 3.05) is 38.7 Å². The second kappa shape index (κ2) is 7.27. The molecule has 0 aliphatic carbocycles. The summed E-state index contributed by atoms with van der Waals surface area (Å²) in [6.45, 7) is 4.97. The first kappa shape index (κ1) is 14.8. The Hall–Kier alpha value is -0.220. The Morgan fingerprint density at radius 1 is 1.53 bits per heavy atom. The first-order valence-electron chi connectivity index (χ1n) is 6.61. The van der Waals surface area contributed by atoms with E-state index in [0.717, 1.165) is 51.1 Å².